The Labute approximate surface area is 126 Å². The number of nitrogens with one attached hydrogen (secondary N) is 1. The Bertz CT molecular complexity index is 539. The molecule has 0 radical (unpaired) electrons. The molecule has 1 spiro atoms. The second-order valence-corrected chi connectivity index (χ2v) is 6.34. The van der Waals surface area contributed by atoms with Gasteiger partial charge in [-0.3, -0.25) is 10.1 Å². The van der Waals surface area contributed by atoms with Crippen LogP contribution in [-0.2, 0) is 4.79 Å². The topological polar surface area (TPSA) is 41.6 Å². The second-order valence-electron chi connectivity index (χ2n) is 6.34. The predicted molar refractivity (Wildman–Crippen MR) is 82.0 cm³/mol. The highest BCUT2D eigenvalue weighted by molar-refractivity contribution is 5.92. The summed E-state index contributed by atoms with van der Waals surface area (Å²) in [6.07, 6.45) is 2.92. The van der Waals surface area contributed by atoms with Crippen molar-refractivity contribution >= 4 is 5.91 Å². The molecule has 2 fully saturated rings. The van der Waals surface area contributed by atoms with Crippen LogP contribution in [0.1, 0.15) is 44.8 Å². The lowest BCUT2D eigenvalue weighted by Gasteiger charge is -2.28. The van der Waals surface area contributed by atoms with Crippen LogP contribution in [-0.4, -0.2) is 30.0 Å². The summed E-state index contributed by atoms with van der Waals surface area (Å²) in [7, 11) is 1.68. The molecule has 2 unspecified atom stereocenters. The molecule has 21 heavy (non-hydrogen) atoms. The Hall–Kier alpha value is -1.55. The summed E-state index contributed by atoms with van der Waals surface area (Å²) < 4.78 is 5.48. The number of benzene rings is 1. The molecule has 1 saturated carbocycles. The Morgan fingerprint density at radius 1 is 1.43 bits per heavy atom. The number of ether oxygens (including phenoxy) is 1. The Kier molecular flexibility index (Phi) is 3.66. The van der Waals surface area contributed by atoms with E-state index in [9.17, 15) is 4.79 Å². The fourth-order valence-electron chi connectivity index (χ4n) is 3.07. The molecule has 4 heteroatoms. The molecule has 1 aromatic carbocycles. The maximum atomic E-state index is 12.7. The molecule has 1 aromatic rings. The quantitative estimate of drug-likeness (QED) is 0.906. The first kappa shape index (κ1) is 14.4. The molecular formula is C17H24N2O2. The summed E-state index contributed by atoms with van der Waals surface area (Å²) in [5.74, 6) is 1.61. The number of para-hydroxylation sites is 1. The van der Waals surface area contributed by atoms with E-state index < -0.39 is 0 Å². The van der Waals surface area contributed by atoms with Gasteiger partial charge in [-0.05, 0) is 24.8 Å². The van der Waals surface area contributed by atoms with Crippen LogP contribution < -0.4 is 10.1 Å². The smallest absolute Gasteiger partial charge is 0.244 e. The van der Waals surface area contributed by atoms with Gasteiger partial charge in [0.15, 0.2) is 0 Å². The third-order valence-electron chi connectivity index (χ3n) is 4.78. The van der Waals surface area contributed by atoms with Crippen LogP contribution in [0.15, 0.2) is 24.3 Å². The minimum absolute atomic E-state index is 0.0647. The van der Waals surface area contributed by atoms with Crippen LogP contribution in [0.2, 0.25) is 0 Å². The maximum Gasteiger partial charge on any atom is 0.244 e. The van der Waals surface area contributed by atoms with Crippen LogP contribution in [0.5, 0.6) is 5.75 Å². The fourth-order valence-corrected chi connectivity index (χ4v) is 3.07. The van der Waals surface area contributed by atoms with Gasteiger partial charge in [-0.15, -0.1) is 0 Å². The molecule has 0 aromatic heterocycles. The van der Waals surface area contributed by atoms with E-state index in [2.05, 4.69) is 25.2 Å². The van der Waals surface area contributed by atoms with Gasteiger partial charge < -0.3 is 9.64 Å². The molecule has 1 saturated heterocycles. The van der Waals surface area contributed by atoms with Crippen LogP contribution in [0.4, 0.5) is 0 Å². The van der Waals surface area contributed by atoms with Gasteiger partial charge in [-0.2, -0.15) is 0 Å². The van der Waals surface area contributed by atoms with Crippen LogP contribution in [0, 0.1) is 5.92 Å². The number of rotatable bonds is 5. The minimum Gasteiger partial charge on any atom is -0.496 e. The number of nitrogens with zero attached hydrogens (tertiary/aromatic N) is 1. The van der Waals surface area contributed by atoms with Crippen LogP contribution >= 0.6 is 0 Å². The predicted octanol–water partition coefficient (Wildman–Crippen LogP) is 2.70. The molecule has 114 valence electrons. The SMILES string of the molecule is CCC(C)CN1C(=O)C2(CC2)NC1c1ccccc1OC. The summed E-state index contributed by atoms with van der Waals surface area (Å²) in [5.41, 5.74) is 0.763. The van der Waals surface area contributed by atoms with E-state index in [4.69, 9.17) is 4.74 Å². The zero-order chi connectivity index (χ0) is 15.0. The van der Waals surface area contributed by atoms with Crippen molar-refractivity contribution in [3.05, 3.63) is 29.8 Å². The number of carbonyl (C=O) groups excluding carboxylic acids is 1. The zero-order valence-corrected chi connectivity index (χ0v) is 13.1. The number of hydrogen-bond acceptors (Lipinski definition) is 3. The van der Waals surface area contributed by atoms with E-state index in [0.29, 0.717) is 5.92 Å². The maximum absolute atomic E-state index is 12.7. The van der Waals surface area contributed by atoms with Crippen LogP contribution in [0.3, 0.4) is 0 Å². The Morgan fingerprint density at radius 2 is 2.14 bits per heavy atom. The average Bonchev–Trinajstić information content (AvgIpc) is 3.25. The summed E-state index contributed by atoms with van der Waals surface area (Å²) in [4.78, 5) is 14.8. The summed E-state index contributed by atoms with van der Waals surface area (Å²) >= 11 is 0. The third kappa shape index (κ3) is 2.42. The molecule has 2 aliphatic rings. The Balaban J connectivity index is 1.93. The minimum atomic E-state index is -0.293. The van der Waals surface area contributed by atoms with E-state index in [-0.39, 0.29) is 17.6 Å². The van der Waals surface area contributed by atoms with Crippen molar-refractivity contribution in [3.8, 4) is 5.75 Å². The van der Waals surface area contributed by atoms with Crippen molar-refractivity contribution in [3.63, 3.8) is 0 Å². The first-order chi connectivity index (χ1) is 10.1. The highest BCUT2D eigenvalue weighted by Crippen LogP contribution is 2.47. The van der Waals surface area contributed by atoms with Crippen molar-refractivity contribution in [2.45, 2.75) is 44.8 Å². The van der Waals surface area contributed by atoms with E-state index in [1.807, 2.05) is 23.1 Å². The molecule has 1 aliphatic heterocycles. The lowest BCUT2D eigenvalue weighted by molar-refractivity contribution is -0.131. The highest BCUT2D eigenvalue weighted by atomic mass is 16.5. The van der Waals surface area contributed by atoms with Crippen molar-refractivity contribution in [1.82, 2.24) is 10.2 Å². The summed E-state index contributed by atoms with van der Waals surface area (Å²) in [6.45, 7) is 5.17. The third-order valence-corrected chi connectivity index (χ3v) is 4.78. The molecule has 1 amide bonds. The molecular weight excluding hydrogens is 264 g/mol. The number of methoxy groups -OCH3 is 1. The fraction of sp³-hybridized carbons (Fsp3) is 0.588. The second kappa shape index (κ2) is 5.34. The zero-order valence-electron chi connectivity index (χ0n) is 13.1. The molecule has 1 heterocycles. The highest BCUT2D eigenvalue weighted by Gasteiger charge is 2.59. The van der Waals surface area contributed by atoms with Gasteiger partial charge in [0.2, 0.25) is 5.91 Å². The van der Waals surface area contributed by atoms with E-state index >= 15 is 0 Å². The van der Waals surface area contributed by atoms with Gasteiger partial charge in [0.25, 0.3) is 0 Å². The number of amides is 1. The van der Waals surface area contributed by atoms with Crippen molar-refractivity contribution in [2.75, 3.05) is 13.7 Å². The van der Waals surface area contributed by atoms with Gasteiger partial charge in [0.1, 0.15) is 17.5 Å². The summed E-state index contributed by atoms with van der Waals surface area (Å²) in [5, 5.41) is 3.56. The first-order valence-corrected chi connectivity index (χ1v) is 7.83. The van der Waals surface area contributed by atoms with Crippen molar-refractivity contribution in [2.24, 2.45) is 5.92 Å². The summed E-state index contributed by atoms with van der Waals surface area (Å²) in [6, 6.07) is 7.98. The van der Waals surface area contributed by atoms with Crippen LogP contribution in [0.25, 0.3) is 0 Å². The lowest BCUT2D eigenvalue weighted by atomic mass is 10.1. The van der Waals surface area contributed by atoms with Crippen molar-refractivity contribution in [1.29, 1.82) is 0 Å². The van der Waals surface area contributed by atoms with Gasteiger partial charge in [0.05, 0.1) is 7.11 Å². The molecule has 1 N–H and O–H groups in total. The van der Waals surface area contributed by atoms with E-state index in [1.165, 1.54) is 0 Å². The lowest BCUT2D eigenvalue weighted by Crippen LogP contribution is -2.35. The standard InChI is InChI=1S/C17H24N2O2/c1-4-12(2)11-19-15(18-17(9-10-17)16(19)20)13-7-5-6-8-14(13)21-3/h5-8,12,15,18H,4,9-11H2,1-3H3. The first-order valence-electron chi connectivity index (χ1n) is 7.83. The van der Waals surface area contributed by atoms with Gasteiger partial charge in [-0.25, -0.2) is 0 Å². The average molecular weight is 288 g/mol. The normalized spacial score (nSPS) is 24.4. The van der Waals surface area contributed by atoms with E-state index in [0.717, 1.165) is 37.1 Å². The molecule has 3 rings (SSSR count). The largest absolute Gasteiger partial charge is 0.496 e. The van der Waals surface area contributed by atoms with Crippen molar-refractivity contribution < 1.29 is 9.53 Å². The van der Waals surface area contributed by atoms with Gasteiger partial charge >= 0.3 is 0 Å². The van der Waals surface area contributed by atoms with E-state index in [1.54, 1.807) is 7.11 Å². The monoisotopic (exact) mass is 288 g/mol. The molecule has 4 nitrogen and oxygen atoms in total. The molecule has 2 atom stereocenters. The Morgan fingerprint density at radius 3 is 2.76 bits per heavy atom. The van der Waals surface area contributed by atoms with Gasteiger partial charge in [-0.1, -0.05) is 38.5 Å². The number of hydrogen-bond donors (Lipinski definition) is 1. The molecule has 1 aliphatic carbocycles. The number of carbonyl (C=O) groups is 1. The van der Waals surface area contributed by atoms with Gasteiger partial charge in [0, 0.05) is 12.1 Å². The molecule has 0 bridgehead atoms.